The first kappa shape index (κ1) is 19.2. The average Bonchev–Trinajstić information content (AvgIpc) is 3.25. The van der Waals surface area contributed by atoms with Gasteiger partial charge < -0.3 is 23.8 Å². The summed E-state index contributed by atoms with van der Waals surface area (Å²) in [4.78, 5) is 13.7. The second kappa shape index (κ2) is 9.39. The molecule has 6 nitrogen and oxygen atoms in total. The molecule has 1 amide bonds. The highest BCUT2D eigenvalue weighted by Crippen LogP contribution is 2.32. The van der Waals surface area contributed by atoms with Crippen LogP contribution in [0, 0.1) is 0 Å². The standard InChI is InChI=1S/C21H25NO5/c1-22(21(23)27-15-17-6-4-3-5-7-17)11-10-16-8-9-18(19(14-16)24-2)20-25-12-13-26-20/h3-9,14,20H,10-13,15H2,1-2H3. The summed E-state index contributed by atoms with van der Waals surface area (Å²) in [5.41, 5.74) is 2.92. The van der Waals surface area contributed by atoms with Crippen molar-refractivity contribution in [1.29, 1.82) is 0 Å². The van der Waals surface area contributed by atoms with Crippen molar-refractivity contribution in [3.05, 3.63) is 65.2 Å². The number of carbonyl (C=O) groups is 1. The summed E-state index contributed by atoms with van der Waals surface area (Å²) < 4.78 is 21.9. The lowest BCUT2D eigenvalue weighted by Gasteiger charge is -2.18. The number of methoxy groups -OCH3 is 1. The molecule has 1 aliphatic rings. The fraction of sp³-hybridized carbons (Fsp3) is 0.381. The van der Waals surface area contributed by atoms with Crippen molar-refractivity contribution in [2.75, 3.05) is 33.9 Å². The molecule has 0 N–H and O–H groups in total. The molecule has 0 unspecified atom stereocenters. The van der Waals surface area contributed by atoms with E-state index in [1.165, 1.54) is 0 Å². The van der Waals surface area contributed by atoms with Gasteiger partial charge in [0.2, 0.25) is 0 Å². The van der Waals surface area contributed by atoms with Crippen LogP contribution in [-0.4, -0.2) is 44.9 Å². The normalized spacial score (nSPS) is 14.1. The van der Waals surface area contributed by atoms with Crippen LogP contribution in [0.1, 0.15) is 23.0 Å². The van der Waals surface area contributed by atoms with E-state index in [0.717, 1.165) is 22.4 Å². The minimum Gasteiger partial charge on any atom is -0.496 e. The monoisotopic (exact) mass is 371 g/mol. The summed E-state index contributed by atoms with van der Waals surface area (Å²) in [6.07, 6.45) is -0.0141. The number of hydrogen-bond acceptors (Lipinski definition) is 5. The van der Waals surface area contributed by atoms with E-state index >= 15 is 0 Å². The van der Waals surface area contributed by atoms with Gasteiger partial charge in [0.25, 0.3) is 0 Å². The fourth-order valence-electron chi connectivity index (χ4n) is 2.86. The van der Waals surface area contributed by atoms with Crippen molar-refractivity contribution in [1.82, 2.24) is 4.90 Å². The minimum atomic E-state index is -0.371. The maximum absolute atomic E-state index is 12.1. The van der Waals surface area contributed by atoms with Gasteiger partial charge in [-0.2, -0.15) is 0 Å². The Labute approximate surface area is 159 Å². The van der Waals surface area contributed by atoms with E-state index in [-0.39, 0.29) is 19.0 Å². The van der Waals surface area contributed by atoms with Crippen LogP contribution < -0.4 is 4.74 Å². The smallest absolute Gasteiger partial charge is 0.409 e. The third-order valence-electron chi connectivity index (χ3n) is 4.43. The molecule has 144 valence electrons. The molecule has 1 heterocycles. The first-order valence-electron chi connectivity index (χ1n) is 8.99. The summed E-state index contributed by atoms with van der Waals surface area (Å²) in [6.45, 7) is 2.00. The van der Waals surface area contributed by atoms with Crippen molar-refractivity contribution >= 4 is 6.09 Å². The molecular weight excluding hydrogens is 346 g/mol. The largest absolute Gasteiger partial charge is 0.496 e. The molecule has 0 atom stereocenters. The zero-order valence-corrected chi connectivity index (χ0v) is 15.7. The van der Waals surface area contributed by atoms with Crippen LogP contribution in [0.5, 0.6) is 5.75 Å². The van der Waals surface area contributed by atoms with Crippen molar-refractivity contribution in [3.8, 4) is 5.75 Å². The number of hydrogen-bond donors (Lipinski definition) is 0. The first-order chi connectivity index (χ1) is 13.2. The summed E-state index contributed by atoms with van der Waals surface area (Å²) >= 11 is 0. The SMILES string of the molecule is COc1cc(CCN(C)C(=O)OCc2ccccc2)ccc1C1OCCO1. The van der Waals surface area contributed by atoms with Gasteiger partial charge in [0.1, 0.15) is 12.4 Å². The second-order valence-corrected chi connectivity index (χ2v) is 6.36. The molecule has 0 spiro atoms. The number of nitrogens with zero attached hydrogens (tertiary/aromatic N) is 1. The lowest BCUT2D eigenvalue weighted by atomic mass is 10.1. The Bertz CT molecular complexity index is 743. The van der Waals surface area contributed by atoms with E-state index in [1.807, 2.05) is 48.5 Å². The average molecular weight is 371 g/mol. The Morgan fingerprint density at radius 3 is 2.56 bits per heavy atom. The van der Waals surface area contributed by atoms with Crippen molar-refractivity contribution in [2.45, 2.75) is 19.3 Å². The summed E-state index contributed by atoms with van der Waals surface area (Å²) in [5, 5.41) is 0. The predicted octanol–water partition coefficient (Wildman–Crippen LogP) is 3.55. The Kier molecular flexibility index (Phi) is 6.68. The van der Waals surface area contributed by atoms with Crippen LogP contribution in [0.15, 0.2) is 48.5 Å². The van der Waals surface area contributed by atoms with Gasteiger partial charge in [-0.15, -0.1) is 0 Å². The second-order valence-electron chi connectivity index (χ2n) is 6.36. The van der Waals surface area contributed by atoms with Crippen molar-refractivity contribution in [2.24, 2.45) is 0 Å². The van der Waals surface area contributed by atoms with Gasteiger partial charge in [0.15, 0.2) is 6.29 Å². The molecule has 1 saturated heterocycles. The zero-order valence-electron chi connectivity index (χ0n) is 15.7. The van der Waals surface area contributed by atoms with E-state index in [2.05, 4.69) is 0 Å². The van der Waals surface area contributed by atoms with Gasteiger partial charge in [-0.05, 0) is 29.7 Å². The number of rotatable bonds is 7. The van der Waals surface area contributed by atoms with E-state index in [9.17, 15) is 4.79 Å². The van der Waals surface area contributed by atoms with Crippen LogP contribution in [0.2, 0.25) is 0 Å². The number of amides is 1. The Hall–Kier alpha value is -2.57. The molecule has 0 aromatic heterocycles. The maximum Gasteiger partial charge on any atom is 0.409 e. The molecule has 1 fully saturated rings. The summed E-state index contributed by atoms with van der Waals surface area (Å²) in [5.74, 6) is 0.730. The predicted molar refractivity (Wildman–Crippen MR) is 101 cm³/mol. The molecule has 0 saturated carbocycles. The zero-order chi connectivity index (χ0) is 19.1. The third-order valence-corrected chi connectivity index (χ3v) is 4.43. The molecule has 2 aromatic carbocycles. The molecule has 0 aliphatic carbocycles. The first-order valence-corrected chi connectivity index (χ1v) is 8.99. The van der Waals surface area contributed by atoms with E-state index < -0.39 is 0 Å². The van der Waals surface area contributed by atoms with Gasteiger partial charge in [-0.3, -0.25) is 0 Å². The van der Waals surface area contributed by atoms with Crippen LogP contribution in [0.4, 0.5) is 4.79 Å². The lowest BCUT2D eigenvalue weighted by molar-refractivity contribution is -0.0454. The van der Waals surface area contributed by atoms with Crippen LogP contribution in [0.25, 0.3) is 0 Å². The van der Waals surface area contributed by atoms with Gasteiger partial charge in [-0.25, -0.2) is 4.79 Å². The highest BCUT2D eigenvalue weighted by atomic mass is 16.7. The molecule has 1 aliphatic heterocycles. The third kappa shape index (κ3) is 5.21. The number of benzene rings is 2. The van der Waals surface area contributed by atoms with Gasteiger partial charge in [0.05, 0.1) is 20.3 Å². The maximum atomic E-state index is 12.1. The van der Waals surface area contributed by atoms with Crippen molar-refractivity contribution in [3.63, 3.8) is 0 Å². The Balaban J connectivity index is 1.51. The van der Waals surface area contributed by atoms with E-state index in [1.54, 1.807) is 19.1 Å². The Morgan fingerprint density at radius 1 is 1.11 bits per heavy atom. The summed E-state index contributed by atoms with van der Waals surface area (Å²) in [7, 11) is 3.36. The quantitative estimate of drug-likeness (QED) is 0.745. The van der Waals surface area contributed by atoms with Crippen molar-refractivity contribution < 1.29 is 23.7 Å². The lowest BCUT2D eigenvalue weighted by Crippen LogP contribution is -2.29. The summed E-state index contributed by atoms with van der Waals surface area (Å²) in [6, 6.07) is 15.6. The molecule has 0 radical (unpaired) electrons. The number of likely N-dealkylation sites (N-methyl/N-ethyl adjacent to an activating group) is 1. The van der Waals surface area contributed by atoms with E-state index in [4.69, 9.17) is 18.9 Å². The molecule has 27 heavy (non-hydrogen) atoms. The molecule has 2 aromatic rings. The van der Waals surface area contributed by atoms with Gasteiger partial charge in [0, 0.05) is 19.2 Å². The van der Waals surface area contributed by atoms with E-state index in [0.29, 0.717) is 26.2 Å². The van der Waals surface area contributed by atoms with Gasteiger partial charge >= 0.3 is 6.09 Å². The Morgan fingerprint density at radius 2 is 1.85 bits per heavy atom. The fourth-order valence-corrected chi connectivity index (χ4v) is 2.86. The highest BCUT2D eigenvalue weighted by molar-refractivity contribution is 5.67. The minimum absolute atomic E-state index is 0.272. The topological polar surface area (TPSA) is 57.2 Å². The molecular formula is C21H25NO5. The number of carbonyl (C=O) groups excluding carboxylic acids is 1. The van der Waals surface area contributed by atoms with Crippen LogP contribution >= 0.6 is 0 Å². The number of ether oxygens (including phenoxy) is 4. The molecule has 6 heteroatoms. The van der Waals surface area contributed by atoms with Crippen LogP contribution in [-0.2, 0) is 27.2 Å². The van der Waals surface area contributed by atoms with Crippen LogP contribution in [0.3, 0.4) is 0 Å². The molecule has 3 rings (SSSR count). The highest BCUT2D eigenvalue weighted by Gasteiger charge is 2.22. The molecule has 0 bridgehead atoms. The van der Waals surface area contributed by atoms with Gasteiger partial charge in [-0.1, -0.05) is 36.4 Å².